The Morgan fingerprint density at radius 1 is 1.52 bits per heavy atom. The van der Waals surface area contributed by atoms with Gasteiger partial charge in [-0.2, -0.15) is 0 Å². The number of hydrogen-bond donors (Lipinski definition) is 2. The van der Waals surface area contributed by atoms with Crippen molar-refractivity contribution in [1.29, 1.82) is 0 Å². The third kappa shape index (κ3) is 4.41. The minimum absolute atomic E-state index is 0.167. The first-order valence-corrected chi connectivity index (χ1v) is 7.47. The summed E-state index contributed by atoms with van der Waals surface area (Å²) in [5.74, 6) is 0.673. The fourth-order valence-electron chi connectivity index (χ4n) is 2.48. The SMILES string of the molecule is COCCCC(N)C(=O)Nc1cccnc1N1CCCC1. The van der Waals surface area contributed by atoms with E-state index in [0.717, 1.165) is 31.0 Å². The second-order valence-corrected chi connectivity index (χ2v) is 5.30. The van der Waals surface area contributed by atoms with Gasteiger partial charge in [-0.15, -0.1) is 0 Å². The van der Waals surface area contributed by atoms with Crippen LogP contribution in [0.5, 0.6) is 0 Å². The summed E-state index contributed by atoms with van der Waals surface area (Å²) >= 11 is 0. The summed E-state index contributed by atoms with van der Waals surface area (Å²) in [5, 5.41) is 2.91. The Morgan fingerprint density at radius 2 is 2.29 bits per heavy atom. The van der Waals surface area contributed by atoms with Crippen molar-refractivity contribution < 1.29 is 9.53 Å². The standard InChI is InChI=1S/C15H24N4O2/c1-21-11-5-6-12(16)15(20)18-13-7-4-8-17-14(13)19-9-2-3-10-19/h4,7-8,12H,2-3,5-6,9-11,16H2,1H3,(H,18,20). The molecule has 1 atom stereocenters. The van der Waals surface area contributed by atoms with E-state index in [4.69, 9.17) is 10.5 Å². The highest BCUT2D eigenvalue weighted by Gasteiger charge is 2.19. The second kappa shape index (κ2) is 7.95. The van der Waals surface area contributed by atoms with Gasteiger partial charge in [-0.1, -0.05) is 0 Å². The van der Waals surface area contributed by atoms with Gasteiger partial charge in [-0.25, -0.2) is 4.98 Å². The molecule has 1 aliphatic heterocycles. The zero-order valence-electron chi connectivity index (χ0n) is 12.5. The van der Waals surface area contributed by atoms with E-state index in [1.165, 1.54) is 12.8 Å². The molecule has 0 spiro atoms. The molecule has 21 heavy (non-hydrogen) atoms. The van der Waals surface area contributed by atoms with Crippen molar-refractivity contribution in [2.24, 2.45) is 5.73 Å². The Labute approximate surface area is 125 Å². The van der Waals surface area contributed by atoms with Crippen LogP contribution in [0.15, 0.2) is 18.3 Å². The Kier molecular flexibility index (Phi) is 5.95. The van der Waals surface area contributed by atoms with Crippen molar-refractivity contribution in [3.63, 3.8) is 0 Å². The number of methoxy groups -OCH3 is 1. The lowest BCUT2D eigenvalue weighted by Crippen LogP contribution is -2.36. The van der Waals surface area contributed by atoms with Gasteiger partial charge in [-0.05, 0) is 37.8 Å². The number of ether oxygens (including phenoxy) is 1. The van der Waals surface area contributed by atoms with Crippen LogP contribution in [-0.2, 0) is 9.53 Å². The van der Waals surface area contributed by atoms with Gasteiger partial charge in [0.2, 0.25) is 5.91 Å². The largest absolute Gasteiger partial charge is 0.385 e. The maximum absolute atomic E-state index is 12.2. The van der Waals surface area contributed by atoms with E-state index in [9.17, 15) is 4.79 Å². The summed E-state index contributed by atoms with van der Waals surface area (Å²) in [6.07, 6.45) is 5.47. The van der Waals surface area contributed by atoms with Crippen molar-refractivity contribution >= 4 is 17.4 Å². The number of carbonyl (C=O) groups excluding carboxylic acids is 1. The fourth-order valence-corrected chi connectivity index (χ4v) is 2.48. The predicted molar refractivity (Wildman–Crippen MR) is 83.4 cm³/mol. The summed E-state index contributed by atoms with van der Waals surface area (Å²) < 4.78 is 4.97. The number of nitrogens with two attached hydrogens (primary N) is 1. The monoisotopic (exact) mass is 292 g/mol. The molecule has 2 heterocycles. The molecule has 0 saturated carbocycles. The normalized spacial score (nSPS) is 16.0. The van der Waals surface area contributed by atoms with Crippen LogP contribution in [0.25, 0.3) is 0 Å². The molecule has 2 rings (SSSR count). The fraction of sp³-hybridized carbons (Fsp3) is 0.600. The Balaban J connectivity index is 1.97. The number of nitrogens with zero attached hydrogens (tertiary/aromatic N) is 2. The molecular weight excluding hydrogens is 268 g/mol. The molecule has 1 aromatic rings. The Morgan fingerprint density at radius 3 is 3.00 bits per heavy atom. The molecule has 1 aliphatic rings. The second-order valence-electron chi connectivity index (χ2n) is 5.30. The summed E-state index contributed by atoms with van der Waals surface area (Å²) in [5.41, 5.74) is 6.65. The van der Waals surface area contributed by atoms with Gasteiger partial charge in [0.15, 0.2) is 5.82 Å². The average molecular weight is 292 g/mol. The molecule has 0 bridgehead atoms. The van der Waals surface area contributed by atoms with E-state index in [1.54, 1.807) is 13.3 Å². The van der Waals surface area contributed by atoms with Gasteiger partial charge in [0, 0.05) is 33.0 Å². The van der Waals surface area contributed by atoms with Gasteiger partial charge in [0.05, 0.1) is 11.7 Å². The Hall–Kier alpha value is -1.66. The molecule has 3 N–H and O–H groups in total. The van der Waals surface area contributed by atoms with Crippen molar-refractivity contribution in [2.75, 3.05) is 37.0 Å². The number of rotatable bonds is 7. The average Bonchev–Trinajstić information content (AvgIpc) is 3.02. The van der Waals surface area contributed by atoms with Gasteiger partial charge < -0.3 is 20.7 Å². The van der Waals surface area contributed by atoms with E-state index in [2.05, 4.69) is 15.2 Å². The third-order valence-electron chi connectivity index (χ3n) is 3.65. The lowest BCUT2D eigenvalue weighted by molar-refractivity contribution is -0.117. The van der Waals surface area contributed by atoms with Crippen molar-refractivity contribution in [1.82, 2.24) is 4.98 Å². The highest BCUT2D eigenvalue weighted by molar-refractivity contribution is 5.97. The lowest BCUT2D eigenvalue weighted by Gasteiger charge is -2.21. The maximum atomic E-state index is 12.2. The molecule has 6 heteroatoms. The summed E-state index contributed by atoms with van der Waals surface area (Å²) in [7, 11) is 1.64. The van der Waals surface area contributed by atoms with Crippen LogP contribution >= 0.6 is 0 Å². The molecular formula is C15H24N4O2. The highest BCUT2D eigenvalue weighted by Crippen LogP contribution is 2.26. The zero-order chi connectivity index (χ0) is 15.1. The lowest BCUT2D eigenvalue weighted by atomic mass is 10.1. The van der Waals surface area contributed by atoms with E-state index in [1.807, 2.05) is 12.1 Å². The van der Waals surface area contributed by atoms with Gasteiger partial charge in [0.25, 0.3) is 0 Å². The number of hydrogen-bond acceptors (Lipinski definition) is 5. The molecule has 1 aromatic heterocycles. The first-order valence-electron chi connectivity index (χ1n) is 7.47. The smallest absolute Gasteiger partial charge is 0.241 e. The van der Waals surface area contributed by atoms with E-state index < -0.39 is 6.04 Å². The molecule has 1 saturated heterocycles. The van der Waals surface area contributed by atoms with E-state index in [-0.39, 0.29) is 5.91 Å². The molecule has 0 radical (unpaired) electrons. The number of carbonyl (C=O) groups is 1. The molecule has 1 unspecified atom stereocenters. The van der Waals surface area contributed by atoms with Crippen LogP contribution in [0.4, 0.5) is 11.5 Å². The van der Waals surface area contributed by atoms with Crippen molar-refractivity contribution in [3.8, 4) is 0 Å². The number of amides is 1. The van der Waals surface area contributed by atoms with Crippen molar-refractivity contribution in [3.05, 3.63) is 18.3 Å². The van der Waals surface area contributed by atoms with Crippen molar-refractivity contribution in [2.45, 2.75) is 31.7 Å². The molecule has 0 aromatic carbocycles. The zero-order valence-corrected chi connectivity index (χ0v) is 12.5. The van der Waals surface area contributed by atoms with Crippen LogP contribution in [0.3, 0.4) is 0 Å². The minimum atomic E-state index is -0.521. The first kappa shape index (κ1) is 15.7. The quantitative estimate of drug-likeness (QED) is 0.742. The summed E-state index contributed by atoms with van der Waals surface area (Å²) in [6, 6.07) is 3.18. The van der Waals surface area contributed by atoms with Crippen LogP contribution in [0.2, 0.25) is 0 Å². The van der Waals surface area contributed by atoms with Gasteiger partial charge in [0.1, 0.15) is 0 Å². The van der Waals surface area contributed by atoms with Crippen LogP contribution < -0.4 is 16.0 Å². The molecule has 1 amide bonds. The predicted octanol–water partition coefficient (Wildman–Crippen LogP) is 1.37. The Bertz CT molecular complexity index is 461. The highest BCUT2D eigenvalue weighted by atomic mass is 16.5. The minimum Gasteiger partial charge on any atom is -0.385 e. The number of anilines is 2. The van der Waals surface area contributed by atoms with Crippen LogP contribution in [-0.4, -0.2) is 43.7 Å². The topological polar surface area (TPSA) is 80.5 Å². The molecule has 6 nitrogen and oxygen atoms in total. The summed E-state index contributed by atoms with van der Waals surface area (Å²) in [6.45, 7) is 2.59. The number of pyridine rings is 1. The van der Waals surface area contributed by atoms with Crippen LogP contribution in [0, 0.1) is 0 Å². The molecule has 116 valence electrons. The molecule has 0 aliphatic carbocycles. The number of nitrogens with one attached hydrogen (secondary N) is 1. The molecule has 1 fully saturated rings. The van der Waals surface area contributed by atoms with E-state index >= 15 is 0 Å². The summed E-state index contributed by atoms with van der Waals surface area (Å²) in [4.78, 5) is 18.7. The van der Waals surface area contributed by atoms with Gasteiger partial charge in [-0.3, -0.25) is 4.79 Å². The number of aromatic nitrogens is 1. The third-order valence-corrected chi connectivity index (χ3v) is 3.65. The first-order chi connectivity index (χ1) is 10.2. The van der Waals surface area contributed by atoms with E-state index in [0.29, 0.717) is 13.0 Å². The van der Waals surface area contributed by atoms with Crippen LogP contribution in [0.1, 0.15) is 25.7 Å². The van der Waals surface area contributed by atoms with Gasteiger partial charge >= 0.3 is 0 Å². The maximum Gasteiger partial charge on any atom is 0.241 e.